The van der Waals surface area contributed by atoms with Gasteiger partial charge in [0.1, 0.15) is 5.69 Å². The van der Waals surface area contributed by atoms with Gasteiger partial charge in [-0.1, -0.05) is 0 Å². The van der Waals surface area contributed by atoms with Gasteiger partial charge >= 0.3 is 0 Å². The summed E-state index contributed by atoms with van der Waals surface area (Å²) in [5.74, 6) is -0.454. The van der Waals surface area contributed by atoms with Gasteiger partial charge < -0.3 is 10.3 Å². The number of imidazole rings is 1. The van der Waals surface area contributed by atoms with Crippen LogP contribution in [0.2, 0.25) is 0 Å². The van der Waals surface area contributed by atoms with E-state index in [1.165, 1.54) is 12.8 Å². The van der Waals surface area contributed by atoms with E-state index in [1.807, 2.05) is 4.57 Å². The third kappa shape index (κ3) is 1.11. The second-order valence-electron chi connectivity index (χ2n) is 2.80. The predicted octanol–water partition coefficient (Wildman–Crippen LogP) is 0.317. The lowest BCUT2D eigenvalue weighted by atomic mass is 10.5. The van der Waals surface area contributed by atoms with Crippen LogP contribution in [0.1, 0.15) is 29.4 Å². The lowest BCUT2D eigenvalue weighted by Crippen LogP contribution is -2.11. The molecule has 1 amide bonds. The molecule has 0 saturated heterocycles. The van der Waals surface area contributed by atoms with Crippen molar-refractivity contribution in [2.75, 3.05) is 0 Å². The number of hydrogen-bond donors (Lipinski definition) is 1. The topological polar surface area (TPSA) is 60.9 Å². The Morgan fingerprint density at radius 3 is 2.91 bits per heavy atom. The van der Waals surface area contributed by atoms with E-state index < -0.39 is 5.91 Å². The summed E-state index contributed by atoms with van der Waals surface area (Å²) >= 11 is 0. The molecule has 1 aliphatic carbocycles. The number of carbonyl (C=O) groups is 1. The molecule has 4 heteroatoms. The molecule has 0 radical (unpaired) electrons. The molecule has 1 fully saturated rings. The Hall–Kier alpha value is -1.32. The van der Waals surface area contributed by atoms with Crippen molar-refractivity contribution in [2.45, 2.75) is 18.9 Å². The lowest BCUT2D eigenvalue weighted by Gasteiger charge is -1.92. The molecular weight excluding hydrogens is 142 g/mol. The number of nitrogens with zero attached hydrogens (tertiary/aromatic N) is 2. The van der Waals surface area contributed by atoms with Crippen molar-refractivity contribution in [3.8, 4) is 0 Å². The zero-order valence-electron chi connectivity index (χ0n) is 6.03. The standard InChI is InChI=1S/C7H9N3O/c8-7(11)6-3-10(4-9-6)5-1-2-5/h3-5H,1-2H2,(H2,8,11). The number of primary amides is 1. The third-order valence-corrected chi connectivity index (χ3v) is 1.82. The number of rotatable bonds is 2. The van der Waals surface area contributed by atoms with Gasteiger partial charge in [-0.05, 0) is 12.8 Å². The predicted molar refractivity (Wildman–Crippen MR) is 39.0 cm³/mol. The molecule has 0 unspecified atom stereocenters. The summed E-state index contributed by atoms with van der Waals surface area (Å²) in [5, 5.41) is 0. The summed E-state index contributed by atoms with van der Waals surface area (Å²) in [6.07, 6.45) is 5.75. The van der Waals surface area contributed by atoms with Gasteiger partial charge in [-0.25, -0.2) is 4.98 Å². The molecule has 2 rings (SSSR count). The second kappa shape index (κ2) is 2.08. The number of carbonyl (C=O) groups excluding carboxylic acids is 1. The Morgan fingerprint density at radius 2 is 2.45 bits per heavy atom. The minimum atomic E-state index is -0.454. The molecule has 4 nitrogen and oxygen atoms in total. The highest BCUT2D eigenvalue weighted by atomic mass is 16.1. The fraction of sp³-hybridized carbons (Fsp3) is 0.429. The van der Waals surface area contributed by atoms with Crippen LogP contribution in [0.15, 0.2) is 12.5 Å². The monoisotopic (exact) mass is 151 g/mol. The zero-order chi connectivity index (χ0) is 7.84. The number of amides is 1. The molecule has 1 saturated carbocycles. The molecule has 1 aromatic heterocycles. The highest BCUT2D eigenvalue weighted by Gasteiger charge is 2.23. The average molecular weight is 151 g/mol. The first-order valence-electron chi connectivity index (χ1n) is 3.60. The van der Waals surface area contributed by atoms with E-state index in [2.05, 4.69) is 4.98 Å². The number of aromatic nitrogens is 2. The highest BCUT2D eigenvalue weighted by molar-refractivity contribution is 5.90. The first-order chi connectivity index (χ1) is 5.27. The van der Waals surface area contributed by atoms with Gasteiger partial charge in [-0.15, -0.1) is 0 Å². The van der Waals surface area contributed by atoms with Crippen molar-refractivity contribution < 1.29 is 4.79 Å². The molecule has 11 heavy (non-hydrogen) atoms. The van der Waals surface area contributed by atoms with E-state index >= 15 is 0 Å². The number of nitrogens with two attached hydrogens (primary N) is 1. The van der Waals surface area contributed by atoms with E-state index in [-0.39, 0.29) is 0 Å². The van der Waals surface area contributed by atoms with Crippen molar-refractivity contribution in [1.29, 1.82) is 0 Å². The van der Waals surface area contributed by atoms with Gasteiger partial charge in [0.15, 0.2) is 0 Å². The smallest absolute Gasteiger partial charge is 0.268 e. The Kier molecular flexibility index (Phi) is 1.21. The normalized spacial score (nSPS) is 16.7. The SMILES string of the molecule is NC(=O)c1cn(C2CC2)cn1. The zero-order valence-corrected chi connectivity index (χ0v) is 6.03. The molecule has 1 aliphatic rings. The Labute approximate surface area is 64.0 Å². The Morgan fingerprint density at radius 1 is 1.73 bits per heavy atom. The lowest BCUT2D eigenvalue weighted by molar-refractivity contribution is 0.0996. The molecule has 0 spiro atoms. The largest absolute Gasteiger partial charge is 0.364 e. The van der Waals surface area contributed by atoms with Gasteiger partial charge in [0.2, 0.25) is 0 Å². The molecule has 2 N–H and O–H groups in total. The summed E-state index contributed by atoms with van der Waals surface area (Å²) < 4.78 is 1.94. The van der Waals surface area contributed by atoms with Crippen LogP contribution in [0.5, 0.6) is 0 Å². The maximum atomic E-state index is 10.6. The summed E-state index contributed by atoms with van der Waals surface area (Å²) in [6.45, 7) is 0. The molecule has 0 aliphatic heterocycles. The summed E-state index contributed by atoms with van der Waals surface area (Å²) in [7, 11) is 0. The van der Waals surface area contributed by atoms with E-state index in [9.17, 15) is 4.79 Å². The average Bonchev–Trinajstić information content (AvgIpc) is 2.68. The van der Waals surface area contributed by atoms with Crippen molar-refractivity contribution in [2.24, 2.45) is 5.73 Å². The summed E-state index contributed by atoms with van der Waals surface area (Å²) in [6, 6.07) is 0.565. The van der Waals surface area contributed by atoms with Crippen molar-refractivity contribution in [3.05, 3.63) is 18.2 Å². The van der Waals surface area contributed by atoms with Crippen molar-refractivity contribution in [3.63, 3.8) is 0 Å². The van der Waals surface area contributed by atoms with E-state index in [0.29, 0.717) is 11.7 Å². The fourth-order valence-electron chi connectivity index (χ4n) is 1.04. The molecule has 58 valence electrons. The molecule has 0 aromatic carbocycles. The fourth-order valence-corrected chi connectivity index (χ4v) is 1.04. The van der Waals surface area contributed by atoms with Crippen molar-refractivity contribution >= 4 is 5.91 Å². The number of hydrogen-bond acceptors (Lipinski definition) is 2. The van der Waals surface area contributed by atoms with E-state index in [0.717, 1.165) is 0 Å². The minimum absolute atomic E-state index is 0.358. The summed E-state index contributed by atoms with van der Waals surface area (Å²) in [4.78, 5) is 14.5. The van der Waals surface area contributed by atoms with Crippen molar-refractivity contribution in [1.82, 2.24) is 9.55 Å². The third-order valence-electron chi connectivity index (χ3n) is 1.82. The maximum absolute atomic E-state index is 10.6. The van der Waals surface area contributed by atoms with Gasteiger partial charge in [-0.3, -0.25) is 4.79 Å². The van der Waals surface area contributed by atoms with Crippen LogP contribution in [-0.2, 0) is 0 Å². The van der Waals surface area contributed by atoms with Crippen LogP contribution in [0.3, 0.4) is 0 Å². The Bertz CT molecular complexity index is 288. The summed E-state index contributed by atoms with van der Waals surface area (Å²) in [5.41, 5.74) is 5.39. The molecular formula is C7H9N3O. The first-order valence-corrected chi connectivity index (χ1v) is 3.60. The second-order valence-corrected chi connectivity index (χ2v) is 2.80. The van der Waals surface area contributed by atoms with E-state index in [4.69, 9.17) is 5.73 Å². The van der Waals surface area contributed by atoms with Gasteiger partial charge in [0.25, 0.3) is 5.91 Å². The molecule has 1 aromatic rings. The maximum Gasteiger partial charge on any atom is 0.268 e. The van der Waals surface area contributed by atoms with E-state index in [1.54, 1.807) is 12.5 Å². The van der Waals surface area contributed by atoms with Crippen LogP contribution < -0.4 is 5.73 Å². The minimum Gasteiger partial charge on any atom is -0.364 e. The van der Waals surface area contributed by atoms with Crippen LogP contribution in [-0.4, -0.2) is 15.5 Å². The molecule has 0 bridgehead atoms. The quantitative estimate of drug-likeness (QED) is 0.661. The van der Waals surface area contributed by atoms with Gasteiger partial charge in [0.05, 0.1) is 6.33 Å². The van der Waals surface area contributed by atoms with Crippen LogP contribution >= 0.6 is 0 Å². The van der Waals surface area contributed by atoms with Crippen LogP contribution in [0, 0.1) is 0 Å². The first kappa shape index (κ1) is 6.39. The van der Waals surface area contributed by atoms with Gasteiger partial charge in [-0.2, -0.15) is 0 Å². The highest BCUT2D eigenvalue weighted by Crippen LogP contribution is 2.34. The van der Waals surface area contributed by atoms with Gasteiger partial charge in [0, 0.05) is 12.2 Å². The van der Waals surface area contributed by atoms with Crippen LogP contribution in [0.4, 0.5) is 0 Å². The Balaban J connectivity index is 2.25. The van der Waals surface area contributed by atoms with Crippen LogP contribution in [0.25, 0.3) is 0 Å². The molecule has 1 heterocycles. The molecule has 0 atom stereocenters.